The van der Waals surface area contributed by atoms with Gasteiger partial charge in [0.15, 0.2) is 0 Å². The number of pyridine rings is 1. The minimum absolute atomic E-state index is 0.0308. The lowest BCUT2D eigenvalue weighted by atomic mass is 10.3. The van der Waals surface area contributed by atoms with Crippen molar-refractivity contribution in [2.24, 2.45) is 5.73 Å². The van der Waals surface area contributed by atoms with Crippen LogP contribution in [0.4, 0.5) is 4.39 Å². The summed E-state index contributed by atoms with van der Waals surface area (Å²) in [7, 11) is 0. The van der Waals surface area contributed by atoms with Gasteiger partial charge >= 0.3 is 0 Å². The highest BCUT2D eigenvalue weighted by molar-refractivity contribution is 7.15. The maximum absolute atomic E-state index is 12.6. The van der Waals surface area contributed by atoms with Crippen LogP contribution in [0.15, 0.2) is 24.5 Å². The molecule has 0 spiro atoms. The summed E-state index contributed by atoms with van der Waals surface area (Å²) in [6.45, 7) is 1.90. The Bertz CT molecular complexity index is 450. The van der Waals surface area contributed by atoms with E-state index in [2.05, 4.69) is 9.97 Å². The Labute approximate surface area is 90.8 Å². The van der Waals surface area contributed by atoms with Crippen molar-refractivity contribution in [3.63, 3.8) is 0 Å². The van der Waals surface area contributed by atoms with Crippen LogP contribution in [-0.2, 0) is 0 Å². The molecule has 2 aromatic heterocycles. The van der Waals surface area contributed by atoms with Gasteiger partial charge in [-0.25, -0.2) is 9.37 Å². The van der Waals surface area contributed by atoms with E-state index in [0.717, 1.165) is 9.88 Å². The summed E-state index contributed by atoms with van der Waals surface area (Å²) in [5.41, 5.74) is 6.39. The first-order valence-electron chi connectivity index (χ1n) is 4.50. The molecule has 2 N–H and O–H groups in total. The molecule has 2 aromatic rings. The SMILES string of the molecule is CC(N)c1cnc(-c2ccc(F)cn2)s1. The first-order chi connectivity index (χ1) is 7.16. The Morgan fingerprint density at radius 1 is 1.33 bits per heavy atom. The van der Waals surface area contributed by atoms with Gasteiger partial charge in [-0.15, -0.1) is 11.3 Å². The number of hydrogen-bond acceptors (Lipinski definition) is 4. The lowest BCUT2D eigenvalue weighted by Gasteiger charge is -1.97. The number of aromatic nitrogens is 2. The van der Waals surface area contributed by atoms with Gasteiger partial charge in [-0.2, -0.15) is 0 Å². The Morgan fingerprint density at radius 3 is 2.67 bits per heavy atom. The van der Waals surface area contributed by atoms with Gasteiger partial charge in [0.2, 0.25) is 0 Å². The van der Waals surface area contributed by atoms with Gasteiger partial charge in [-0.05, 0) is 19.1 Å². The van der Waals surface area contributed by atoms with E-state index < -0.39 is 0 Å². The molecule has 2 rings (SSSR count). The number of thiazole rings is 1. The third-order valence-electron chi connectivity index (χ3n) is 1.92. The van der Waals surface area contributed by atoms with Gasteiger partial charge in [0.1, 0.15) is 10.8 Å². The Kier molecular flexibility index (Phi) is 2.75. The fourth-order valence-electron chi connectivity index (χ4n) is 1.12. The van der Waals surface area contributed by atoms with Crippen LogP contribution in [0.5, 0.6) is 0 Å². The topological polar surface area (TPSA) is 51.8 Å². The average molecular weight is 223 g/mol. The lowest BCUT2D eigenvalue weighted by molar-refractivity contribution is 0.622. The van der Waals surface area contributed by atoms with Crippen molar-refractivity contribution < 1.29 is 4.39 Å². The molecule has 15 heavy (non-hydrogen) atoms. The summed E-state index contributed by atoms with van der Waals surface area (Å²) in [6, 6.07) is 2.95. The fraction of sp³-hybridized carbons (Fsp3) is 0.200. The minimum atomic E-state index is -0.345. The van der Waals surface area contributed by atoms with E-state index in [1.165, 1.54) is 23.6 Å². The van der Waals surface area contributed by atoms with Crippen LogP contribution in [0, 0.1) is 5.82 Å². The quantitative estimate of drug-likeness (QED) is 0.850. The summed E-state index contributed by atoms with van der Waals surface area (Å²) < 4.78 is 12.6. The first-order valence-corrected chi connectivity index (χ1v) is 5.31. The maximum Gasteiger partial charge on any atom is 0.142 e. The molecule has 0 aromatic carbocycles. The third-order valence-corrected chi connectivity index (χ3v) is 3.14. The second kappa shape index (κ2) is 4.04. The molecule has 0 bridgehead atoms. The van der Waals surface area contributed by atoms with E-state index in [9.17, 15) is 4.39 Å². The van der Waals surface area contributed by atoms with E-state index in [4.69, 9.17) is 5.73 Å². The molecular formula is C10H10FN3S. The Balaban J connectivity index is 2.33. The number of hydrogen-bond donors (Lipinski definition) is 1. The van der Waals surface area contributed by atoms with Gasteiger partial charge in [-0.3, -0.25) is 4.98 Å². The zero-order chi connectivity index (χ0) is 10.8. The normalized spacial score (nSPS) is 12.7. The van der Waals surface area contributed by atoms with Crippen LogP contribution < -0.4 is 5.73 Å². The zero-order valence-corrected chi connectivity index (χ0v) is 8.96. The zero-order valence-electron chi connectivity index (χ0n) is 8.14. The molecule has 0 fully saturated rings. The van der Waals surface area contributed by atoms with Crippen molar-refractivity contribution >= 4 is 11.3 Å². The molecule has 1 unspecified atom stereocenters. The van der Waals surface area contributed by atoms with Crippen LogP contribution >= 0.6 is 11.3 Å². The molecule has 1 atom stereocenters. The Morgan fingerprint density at radius 2 is 2.13 bits per heavy atom. The number of nitrogens with two attached hydrogens (primary N) is 1. The number of nitrogens with zero attached hydrogens (tertiary/aromatic N) is 2. The molecular weight excluding hydrogens is 213 g/mol. The van der Waals surface area contributed by atoms with E-state index in [1.807, 2.05) is 6.92 Å². The Hall–Kier alpha value is -1.33. The third kappa shape index (κ3) is 2.19. The second-order valence-corrected chi connectivity index (χ2v) is 4.28. The van der Waals surface area contributed by atoms with E-state index in [0.29, 0.717) is 5.69 Å². The highest BCUT2D eigenvalue weighted by atomic mass is 32.1. The number of halogens is 1. The van der Waals surface area contributed by atoms with Crippen molar-refractivity contribution in [3.8, 4) is 10.7 Å². The highest BCUT2D eigenvalue weighted by Gasteiger charge is 2.08. The molecule has 3 nitrogen and oxygen atoms in total. The molecule has 0 aliphatic carbocycles. The minimum Gasteiger partial charge on any atom is -0.323 e. The van der Waals surface area contributed by atoms with Crippen molar-refractivity contribution in [2.45, 2.75) is 13.0 Å². The molecule has 0 saturated heterocycles. The van der Waals surface area contributed by atoms with Gasteiger partial charge in [0, 0.05) is 17.1 Å². The summed E-state index contributed by atoms with van der Waals surface area (Å²) in [6.07, 6.45) is 2.91. The molecule has 2 heterocycles. The van der Waals surface area contributed by atoms with Crippen molar-refractivity contribution in [1.29, 1.82) is 0 Å². The molecule has 78 valence electrons. The van der Waals surface area contributed by atoms with Gasteiger partial charge < -0.3 is 5.73 Å². The summed E-state index contributed by atoms with van der Waals surface area (Å²) in [4.78, 5) is 9.14. The van der Waals surface area contributed by atoms with E-state index in [1.54, 1.807) is 12.3 Å². The van der Waals surface area contributed by atoms with Crippen molar-refractivity contribution in [2.75, 3.05) is 0 Å². The van der Waals surface area contributed by atoms with Crippen LogP contribution in [-0.4, -0.2) is 9.97 Å². The first kappa shape index (κ1) is 10.2. The fourth-order valence-corrected chi connectivity index (χ4v) is 1.96. The second-order valence-electron chi connectivity index (χ2n) is 3.22. The summed E-state index contributed by atoms with van der Waals surface area (Å²) >= 11 is 1.48. The molecule has 0 aliphatic rings. The van der Waals surface area contributed by atoms with Crippen molar-refractivity contribution in [3.05, 3.63) is 35.2 Å². The number of rotatable bonds is 2. The lowest BCUT2D eigenvalue weighted by Crippen LogP contribution is -2.01. The van der Waals surface area contributed by atoms with Gasteiger partial charge in [0.25, 0.3) is 0 Å². The smallest absolute Gasteiger partial charge is 0.142 e. The van der Waals surface area contributed by atoms with E-state index >= 15 is 0 Å². The highest BCUT2D eigenvalue weighted by Crippen LogP contribution is 2.26. The van der Waals surface area contributed by atoms with Gasteiger partial charge in [-0.1, -0.05) is 0 Å². The summed E-state index contributed by atoms with van der Waals surface area (Å²) in [5.74, 6) is -0.345. The molecule has 5 heteroatoms. The van der Waals surface area contributed by atoms with Crippen LogP contribution in [0.1, 0.15) is 17.8 Å². The standard InChI is InChI=1S/C10H10FN3S/c1-6(12)9-5-14-10(15-9)8-3-2-7(11)4-13-8/h2-6H,12H2,1H3. The predicted molar refractivity (Wildman–Crippen MR) is 57.9 cm³/mol. The maximum atomic E-state index is 12.6. The molecule has 0 saturated carbocycles. The van der Waals surface area contributed by atoms with Gasteiger partial charge in [0.05, 0.1) is 11.9 Å². The predicted octanol–water partition coefficient (Wildman–Crippen LogP) is 2.36. The molecule has 0 amide bonds. The van der Waals surface area contributed by atoms with Crippen LogP contribution in [0.2, 0.25) is 0 Å². The van der Waals surface area contributed by atoms with Crippen LogP contribution in [0.3, 0.4) is 0 Å². The van der Waals surface area contributed by atoms with Crippen LogP contribution in [0.25, 0.3) is 10.7 Å². The van der Waals surface area contributed by atoms with E-state index in [-0.39, 0.29) is 11.9 Å². The average Bonchev–Trinajstić information content (AvgIpc) is 2.68. The monoisotopic (exact) mass is 223 g/mol. The molecule has 0 radical (unpaired) electrons. The summed E-state index contributed by atoms with van der Waals surface area (Å²) in [5, 5.41) is 0.766. The molecule has 0 aliphatic heterocycles. The largest absolute Gasteiger partial charge is 0.323 e. The van der Waals surface area contributed by atoms with Crippen molar-refractivity contribution in [1.82, 2.24) is 9.97 Å².